The Morgan fingerprint density at radius 1 is 1.50 bits per heavy atom. The van der Waals surface area contributed by atoms with Gasteiger partial charge in [0.1, 0.15) is 0 Å². The van der Waals surface area contributed by atoms with E-state index in [1.54, 1.807) is 0 Å². The second-order valence-electron chi connectivity index (χ2n) is 3.83. The Morgan fingerprint density at radius 2 is 2.42 bits per heavy atom. The summed E-state index contributed by atoms with van der Waals surface area (Å²) in [7, 11) is 0. The van der Waals surface area contributed by atoms with E-state index >= 15 is 0 Å². The minimum absolute atomic E-state index is 0.733. The highest BCUT2D eigenvalue weighted by Crippen LogP contribution is 2.31. The van der Waals surface area contributed by atoms with Crippen molar-refractivity contribution in [3.05, 3.63) is 24.8 Å². The lowest BCUT2D eigenvalue weighted by Crippen LogP contribution is -2.32. The van der Waals surface area contributed by atoms with Gasteiger partial charge in [0.2, 0.25) is 0 Å². The molecular weight excluding hydrogens is 146 g/mol. The maximum atomic E-state index is 3.80. The van der Waals surface area contributed by atoms with Crippen molar-refractivity contribution in [3.63, 3.8) is 0 Å². The first-order valence-electron chi connectivity index (χ1n) is 4.93. The molecular formula is C11H17N. The van der Waals surface area contributed by atoms with Crippen LogP contribution in [-0.2, 0) is 0 Å². The van der Waals surface area contributed by atoms with Crippen LogP contribution in [0.2, 0.25) is 0 Å². The summed E-state index contributed by atoms with van der Waals surface area (Å²) >= 11 is 0. The lowest BCUT2D eigenvalue weighted by atomic mass is 9.90. The van der Waals surface area contributed by atoms with Crippen molar-refractivity contribution in [2.75, 3.05) is 13.1 Å². The molecule has 2 atom stereocenters. The van der Waals surface area contributed by atoms with Gasteiger partial charge >= 0.3 is 0 Å². The van der Waals surface area contributed by atoms with Crippen molar-refractivity contribution < 1.29 is 0 Å². The third kappa shape index (κ3) is 1.34. The minimum atomic E-state index is 0.733. The second-order valence-corrected chi connectivity index (χ2v) is 3.83. The van der Waals surface area contributed by atoms with Gasteiger partial charge in [-0.15, -0.1) is 6.58 Å². The van der Waals surface area contributed by atoms with Gasteiger partial charge in [-0.3, -0.25) is 4.90 Å². The normalized spacial score (nSPS) is 35.0. The monoisotopic (exact) mass is 163 g/mol. The fraction of sp³-hybridized carbons (Fsp3) is 0.636. The SMILES string of the molecule is C=CCN1CCC2CCC=CC21. The molecule has 1 aliphatic carbocycles. The molecule has 0 bridgehead atoms. The number of hydrogen-bond donors (Lipinski definition) is 0. The van der Waals surface area contributed by atoms with Crippen molar-refractivity contribution in [1.82, 2.24) is 4.90 Å². The Kier molecular flexibility index (Phi) is 2.31. The van der Waals surface area contributed by atoms with Crippen LogP contribution in [-0.4, -0.2) is 24.0 Å². The average Bonchev–Trinajstić information content (AvgIpc) is 2.50. The number of nitrogens with zero attached hydrogens (tertiary/aromatic N) is 1. The highest BCUT2D eigenvalue weighted by Gasteiger charge is 2.32. The summed E-state index contributed by atoms with van der Waals surface area (Å²) in [4.78, 5) is 2.54. The molecule has 0 N–H and O–H groups in total. The molecule has 0 spiro atoms. The Balaban J connectivity index is 2.04. The first-order chi connectivity index (χ1) is 5.92. The summed E-state index contributed by atoms with van der Waals surface area (Å²) < 4.78 is 0. The van der Waals surface area contributed by atoms with Gasteiger partial charge in [0.05, 0.1) is 0 Å². The first-order valence-corrected chi connectivity index (χ1v) is 4.93. The maximum Gasteiger partial charge on any atom is 0.0310 e. The zero-order valence-electron chi connectivity index (χ0n) is 7.58. The van der Waals surface area contributed by atoms with E-state index in [4.69, 9.17) is 0 Å². The standard InChI is InChI=1S/C11H17N/c1-2-8-12-9-7-10-5-3-4-6-11(10)12/h2,4,6,10-11H,1,3,5,7-9H2. The van der Waals surface area contributed by atoms with Crippen molar-refractivity contribution in [2.45, 2.75) is 25.3 Å². The summed E-state index contributed by atoms with van der Waals surface area (Å²) in [6.07, 6.45) is 10.8. The third-order valence-corrected chi connectivity index (χ3v) is 3.09. The molecule has 66 valence electrons. The van der Waals surface area contributed by atoms with E-state index in [0.29, 0.717) is 0 Å². The van der Waals surface area contributed by atoms with Crippen LogP contribution < -0.4 is 0 Å². The van der Waals surface area contributed by atoms with Crippen molar-refractivity contribution in [2.24, 2.45) is 5.92 Å². The number of likely N-dealkylation sites (tertiary alicyclic amines) is 1. The van der Waals surface area contributed by atoms with Gasteiger partial charge in [0, 0.05) is 12.6 Å². The van der Waals surface area contributed by atoms with Gasteiger partial charge < -0.3 is 0 Å². The molecule has 0 radical (unpaired) electrons. The van der Waals surface area contributed by atoms with E-state index in [1.807, 2.05) is 6.08 Å². The molecule has 1 heteroatoms. The summed E-state index contributed by atoms with van der Waals surface area (Å²) in [5.74, 6) is 0.940. The smallest absolute Gasteiger partial charge is 0.0310 e. The van der Waals surface area contributed by atoms with Gasteiger partial charge in [0.15, 0.2) is 0 Å². The van der Waals surface area contributed by atoms with E-state index in [2.05, 4.69) is 23.6 Å². The fourth-order valence-corrected chi connectivity index (χ4v) is 2.47. The topological polar surface area (TPSA) is 3.24 Å². The van der Waals surface area contributed by atoms with Crippen LogP contribution in [0.3, 0.4) is 0 Å². The lowest BCUT2D eigenvalue weighted by Gasteiger charge is -2.26. The maximum absolute atomic E-state index is 3.80. The van der Waals surface area contributed by atoms with Crippen LogP contribution in [0.4, 0.5) is 0 Å². The fourth-order valence-electron chi connectivity index (χ4n) is 2.47. The zero-order valence-corrected chi connectivity index (χ0v) is 7.58. The quantitative estimate of drug-likeness (QED) is 0.564. The predicted molar refractivity (Wildman–Crippen MR) is 52.0 cm³/mol. The van der Waals surface area contributed by atoms with E-state index < -0.39 is 0 Å². The molecule has 0 aromatic carbocycles. The van der Waals surface area contributed by atoms with Crippen LogP contribution in [0, 0.1) is 5.92 Å². The van der Waals surface area contributed by atoms with Crippen molar-refractivity contribution >= 4 is 0 Å². The van der Waals surface area contributed by atoms with E-state index in [9.17, 15) is 0 Å². The van der Waals surface area contributed by atoms with Crippen LogP contribution in [0.15, 0.2) is 24.8 Å². The molecule has 12 heavy (non-hydrogen) atoms. The highest BCUT2D eigenvalue weighted by molar-refractivity contribution is 5.06. The van der Waals surface area contributed by atoms with Crippen molar-refractivity contribution in [3.8, 4) is 0 Å². The number of fused-ring (bicyclic) bond motifs is 1. The summed E-state index contributed by atoms with van der Waals surface area (Å²) in [5.41, 5.74) is 0. The van der Waals surface area contributed by atoms with Gasteiger partial charge in [-0.05, 0) is 31.7 Å². The molecule has 1 heterocycles. The highest BCUT2D eigenvalue weighted by atomic mass is 15.2. The first kappa shape index (κ1) is 8.06. The number of rotatable bonds is 2. The van der Waals surface area contributed by atoms with Crippen LogP contribution >= 0.6 is 0 Å². The molecule has 1 fully saturated rings. The molecule has 2 unspecified atom stereocenters. The third-order valence-electron chi connectivity index (χ3n) is 3.09. The van der Waals surface area contributed by atoms with Crippen LogP contribution in [0.5, 0.6) is 0 Å². The molecule has 2 rings (SSSR count). The van der Waals surface area contributed by atoms with Crippen LogP contribution in [0.1, 0.15) is 19.3 Å². The van der Waals surface area contributed by atoms with E-state index in [0.717, 1.165) is 18.5 Å². The van der Waals surface area contributed by atoms with E-state index in [-0.39, 0.29) is 0 Å². The molecule has 0 saturated carbocycles. The van der Waals surface area contributed by atoms with Gasteiger partial charge in [-0.1, -0.05) is 18.2 Å². The molecule has 0 aromatic rings. The van der Waals surface area contributed by atoms with Gasteiger partial charge in [0.25, 0.3) is 0 Å². The molecule has 2 aliphatic rings. The van der Waals surface area contributed by atoms with Gasteiger partial charge in [-0.2, -0.15) is 0 Å². The minimum Gasteiger partial charge on any atom is -0.293 e. The number of allylic oxidation sites excluding steroid dienone is 1. The van der Waals surface area contributed by atoms with Crippen LogP contribution in [0.25, 0.3) is 0 Å². The van der Waals surface area contributed by atoms with Gasteiger partial charge in [-0.25, -0.2) is 0 Å². The Bertz CT molecular complexity index is 195. The van der Waals surface area contributed by atoms with E-state index in [1.165, 1.54) is 25.8 Å². The zero-order chi connectivity index (χ0) is 8.39. The summed E-state index contributed by atoms with van der Waals surface area (Å²) in [6, 6.07) is 0.733. The molecule has 0 amide bonds. The number of hydrogen-bond acceptors (Lipinski definition) is 1. The Labute approximate surface area is 74.8 Å². The molecule has 1 aliphatic heterocycles. The lowest BCUT2D eigenvalue weighted by molar-refractivity contribution is 0.281. The summed E-state index contributed by atoms with van der Waals surface area (Å²) in [5, 5.41) is 0. The molecule has 0 aromatic heterocycles. The Morgan fingerprint density at radius 3 is 3.25 bits per heavy atom. The second kappa shape index (κ2) is 3.44. The van der Waals surface area contributed by atoms with Crippen molar-refractivity contribution in [1.29, 1.82) is 0 Å². The largest absolute Gasteiger partial charge is 0.293 e. The molecule has 1 saturated heterocycles. The summed E-state index contributed by atoms with van der Waals surface area (Å²) in [6.45, 7) is 6.13. The predicted octanol–water partition coefficient (Wildman–Crippen LogP) is 2.21. The Hall–Kier alpha value is -0.560. The average molecular weight is 163 g/mol. The molecule has 1 nitrogen and oxygen atoms in total.